The fourth-order valence-corrected chi connectivity index (χ4v) is 3.21. The first-order valence-corrected chi connectivity index (χ1v) is 7.61. The summed E-state index contributed by atoms with van der Waals surface area (Å²) in [5.41, 5.74) is 0.769. The normalized spacial score (nSPS) is 23.9. The van der Waals surface area contributed by atoms with Crippen LogP contribution >= 0.6 is 0 Å². The molecule has 1 atom stereocenters. The number of aliphatic imine (C=N–C) groups is 1. The number of hydrogen-bond donors (Lipinski definition) is 1. The van der Waals surface area contributed by atoms with E-state index >= 15 is 0 Å². The Hall–Kier alpha value is -2.14. The zero-order chi connectivity index (χ0) is 15.7. The number of amides is 1. The molecule has 1 aromatic rings. The molecule has 22 heavy (non-hydrogen) atoms. The molecule has 3 rings (SSSR count). The summed E-state index contributed by atoms with van der Waals surface area (Å²) >= 11 is 0. The molecule has 2 aliphatic carbocycles. The molecule has 1 saturated carbocycles. The van der Waals surface area contributed by atoms with Gasteiger partial charge in [0.1, 0.15) is 11.8 Å². The lowest BCUT2D eigenvalue weighted by Gasteiger charge is -2.27. The van der Waals surface area contributed by atoms with Gasteiger partial charge >= 0.3 is 0 Å². The number of benzene rings is 1. The zero-order valence-electron chi connectivity index (χ0n) is 12.5. The van der Waals surface area contributed by atoms with Crippen molar-refractivity contribution in [2.75, 3.05) is 0 Å². The molecule has 1 amide bonds. The van der Waals surface area contributed by atoms with Gasteiger partial charge < -0.3 is 0 Å². The summed E-state index contributed by atoms with van der Waals surface area (Å²) in [6.45, 7) is 1.29. The van der Waals surface area contributed by atoms with Crippen LogP contribution in [0.25, 0.3) is 0 Å². The van der Waals surface area contributed by atoms with Crippen LogP contribution in [0.5, 0.6) is 0 Å². The fraction of sp³-hybridized carbons (Fsp3) is 0.412. The molecule has 1 unspecified atom stereocenters. The predicted molar refractivity (Wildman–Crippen MR) is 82.4 cm³/mol. The van der Waals surface area contributed by atoms with Crippen LogP contribution in [0.3, 0.4) is 0 Å². The van der Waals surface area contributed by atoms with Crippen molar-refractivity contribution >= 4 is 23.2 Å². The van der Waals surface area contributed by atoms with Crippen LogP contribution in [-0.2, 0) is 4.79 Å². The first-order chi connectivity index (χ1) is 10.6. The number of carbonyl (C=O) groups is 3. The molecule has 0 saturated heterocycles. The summed E-state index contributed by atoms with van der Waals surface area (Å²) in [5, 5.41) is 3.24. The van der Waals surface area contributed by atoms with Crippen LogP contribution in [0.2, 0.25) is 0 Å². The molecule has 0 heterocycles. The Bertz CT molecular complexity index is 672. The van der Waals surface area contributed by atoms with Crippen LogP contribution in [0.1, 0.15) is 53.3 Å². The van der Waals surface area contributed by atoms with Gasteiger partial charge in [0.25, 0.3) is 0 Å². The third kappa shape index (κ3) is 2.64. The Morgan fingerprint density at radius 1 is 1.14 bits per heavy atom. The van der Waals surface area contributed by atoms with Gasteiger partial charge in [0, 0.05) is 24.1 Å². The van der Waals surface area contributed by atoms with Gasteiger partial charge in [-0.15, -0.1) is 0 Å². The monoisotopic (exact) mass is 298 g/mol. The minimum atomic E-state index is -0.811. The maximum absolute atomic E-state index is 12.7. The van der Waals surface area contributed by atoms with Crippen LogP contribution < -0.4 is 5.32 Å². The number of nitrogens with zero attached hydrogens (tertiary/aromatic N) is 1. The number of ketones is 2. The largest absolute Gasteiger partial charge is 0.299 e. The molecule has 0 aromatic heterocycles. The minimum Gasteiger partial charge on any atom is -0.299 e. The lowest BCUT2D eigenvalue weighted by molar-refractivity contribution is -0.115. The minimum absolute atomic E-state index is 0.0306. The molecule has 114 valence electrons. The summed E-state index contributed by atoms with van der Waals surface area (Å²) in [6.07, 6.45) is 4.19. The van der Waals surface area contributed by atoms with Gasteiger partial charge in [-0.2, -0.15) is 0 Å². The van der Waals surface area contributed by atoms with Gasteiger partial charge in [0.15, 0.2) is 5.78 Å². The van der Waals surface area contributed by atoms with Crippen molar-refractivity contribution < 1.29 is 14.4 Å². The molecule has 1 N–H and O–H groups in total. The number of Topliss-reactive ketones (excluding diaryl/α,β-unsaturated/α-hetero) is 2. The number of rotatable bonds is 2. The third-order valence-electron chi connectivity index (χ3n) is 4.24. The maximum Gasteiger partial charge on any atom is 0.242 e. The van der Waals surface area contributed by atoms with E-state index in [1.165, 1.54) is 6.92 Å². The fourth-order valence-electron chi connectivity index (χ4n) is 3.21. The standard InChI is InChI=1S/C17H18N2O3/c1-10(20)18-14-15(19-11-6-2-3-7-11)17(22)13-9-5-4-8-12(13)16(14)21/h4-5,8-9,11,15,19H,2-3,6-7H2,1H3. The van der Waals surface area contributed by atoms with Gasteiger partial charge in [-0.1, -0.05) is 37.1 Å². The molecule has 0 aliphatic heterocycles. The molecule has 0 radical (unpaired) electrons. The molecular formula is C17H18N2O3. The van der Waals surface area contributed by atoms with E-state index in [1.807, 2.05) is 0 Å². The molecule has 1 fully saturated rings. The van der Waals surface area contributed by atoms with E-state index in [1.54, 1.807) is 24.3 Å². The molecule has 2 aliphatic rings. The Kier molecular flexibility index (Phi) is 3.98. The molecular weight excluding hydrogens is 280 g/mol. The Morgan fingerprint density at radius 2 is 1.77 bits per heavy atom. The van der Waals surface area contributed by atoms with Crippen LogP contribution in [0.15, 0.2) is 29.3 Å². The van der Waals surface area contributed by atoms with Crippen molar-refractivity contribution in [3.8, 4) is 0 Å². The van der Waals surface area contributed by atoms with Crippen molar-refractivity contribution in [3.05, 3.63) is 35.4 Å². The van der Waals surface area contributed by atoms with Gasteiger partial charge in [-0.3, -0.25) is 19.7 Å². The molecule has 0 spiro atoms. The van der Waals surface area contributed by atoms with E-state index in [9.17, 15) is 14.4 Å². The SMILES string of the molecule is CC(=O)N=C1C(=O)c2ccccc2C(=O)C1NC1CCCC1. The summed E-state index contributed by atoms with van der Waals surface area (Å²) in [4.78, 5) is 40.6. The predicted octanol–water partition coefficient (Wildman–Crippen LogP) is 1.95. The van der Waals surface area contributed by atoms with Crippen molar-refractivity contribution in [1.29, 1.82) is 0 Å². The third-order valence-corrected chi connectivity index (χ3v) is 4.24. The average Bonchev–Trinajstić information content (AvgIpc) is 3.01. The number of hydrogen-bond acceptors (Lipinski definition) is 4. The van der Waals surface area contributed by atoms with Gasteiger partial charge in [-0.05, 0) is 12.8 Å². The second-order valence-electron chi connectivity index (χ2n) is 5.84. The highest BCUT2D eigenvalue weighted by Gasteiger charge is 2.39. The quantitative estimate of drug-likeness (QED) is 0.905. The van der Waals surface area contributed by atoms with E-state index in [0.717, 1.165) is 25.7 Å². The van der Waals surface area contributed by atoms with Crippen molar-refractivity contribution in [2.45, 2.75) is 44.7 Å². The van der Waals surface area contributed by atoms with E-state index in [0.29, 0.717) is 11.1 Å². The first-order valence-electron chi connectivity index (χ1n) is 7.61. The highest BCUT2D eigenvalue weighted by molar-refractivity contribution is 6.56. The van der Waals surface area contributed by atoms with E-state index < -0.39 is 11.9 Å². The lowest BCUT2D eigenvalue weighted by Crippen LogP contribution is -2.53. The van der Waals surface area contributed by atoms with E-state index in [4.69, 9.17) is 0 Å². The highest BCUT2D eigenvalue weighted by atomic mass is 16.2. The summed E-state index contributed by atoms with van der Waals surface area (Å²) in [6, 6.07) is 6.10. The summed E-state index contributed by atoms with van der Waals surface area (Å²) in [7, 11) is 0. The molecule has 5 heteroatoms. The van der Waals surface area contributed by atoms with Crippen LogP contribution in [-0.4, -0.2) is 35.3 Å². The van der Waals surface area contributed by atoms with Crippen LogP contribution in [0, 0.1) is 0 Å². The number of nitrogens with one attached hydrogen (secondary N) is 1. The maximum atomic E-state index is 12.7. The molecule has 1 aromatic carbocycles. The van der Waals surface area contributed by atoms with Crippen molar-refractivity contribution in [2.24, 2.45) is 4.99 Å². The summed E-state index contributed by atoms with van der Waals surface area (Å²) < 4.78 is 0. The summed E-state index contributed by atoms with van der Waals surface area (Å²) in [5.74, 6) is -0.975. The van der Waals surface area contributed by atoms with E-state index in [-0.39, 0.29) is 23.3 Å². The molecule has 5 nitrogen and oxygen atoms in total. The lowest BCUT2D eigenvalue weighted by atomic mass is 9.84. The van der Waals surface area contributed by atoms with Crippen molar-refractivity contribution in [3.63, 3.8) is 0 Å². The topological polar surface area (TPSA) is 75.6 Å². The highest BCUT2D eigenvalue weighted by Crippen LogP contribution is 2.24. The Balaban J connectivity index is 2.02. The Morgan fingerprint density at radius 3 is 2.41 bits per heavy atom. The van der Waals surface area contributed by atoms with Gasteiger partial charge in [0.05, 0.1) is 0 Å². The van der Waals surface area contributed by atoms with E-state index in [2.05, 4.69) is 10.3 Å². The second-order valence-corrected chi connectivity index (χ2v) is 5.84. The number of carbonyl (C=O) groups excluding carboxylic acids is 3. The second kappa shape index (κ2) is 5.93. The van der Waals surface area contributed by atoms with Crippen molar-refractivity contribution in [1.82, 2.24) is 5.32 Å². The number of fused-ring (bicyclic) bond motifs is 1. The van der Waals surface area contributed by atoms with Gasteiger partial charge in [-0.25, -0.2) is 4.99 Å². The molecule has 0 bridgehead atoms. The zero-order valence-corrected chi connectivity index (χ0v) is 12.5. The average molecular weight is 298 g/mol. The first kappa shape index (κ1) is 14.8. The smallest absolute Gasteiger partial charge is 0.242 e. The Labute approximate surface area is 128 Å². The van der Waals surface area contributed by atoms with Crippen LogP contribution in [0.4, 0.5) is 0 Å². The van der Waals surface area contributed by atoms with Gasteiger partial charge in [0.2, 0.25) is 11.7 Å².